The van der Waals surface area contributed by atoms with Crippen molar-refractivity contribution < 1.29 is 13.2 Å². The van der Waals surface area contributed by atoms with Gasteiger partial charge in [-0.3, -0.25) is 0 Å². The van der Waals surface area contributed by atoms with Gasteiger partial charge in [-0.25, -0.2) is 13.2 Å². The highest BCUT2D eigenvalue weighted by Gasteiger charge is 2.12. The van der Waals surface area contributed by atoms with Gasteiger partial charge in [0.2, 0.25) is 0 Å². The van der Waals surface area contributed by atoms with Crippen LogP contribution in [0.5, 0.6) is 0 Å². The molecule has 3 heteroatoms. The van der Waals surface area contributed by atoms with Crippen molar-refractivity contribution in [2.24, 2.45) is 0 Å². The zero-order valence-electron chi connectivity index (χ0n) is 7.60. The van der Waals surface area contributed by atoms with Gasteiger partial charge in [-0.15, -0.1) is 0 Å². The summed E-state index contributed by atoms with van der Waals surface area (Å²) in [4.78, 5) is 0. The first-order valence-electron chi connectivity index (χ1n) is 4.29. The number of benzene rings is 2. The zero-order chi connectivity index (χ0) is 10.8. The van der Waals surface area contributed by atoms with Crippen LogP contribution in [0.25, 0.3) is 11.1 Å². The molecule has 0 aliphatic carbocycles. The summed E-state index contributed by atoms with van der Waals surface area (Å²) in [6.07, 6.45) is 0. The monoisotopic (exact) mass is 207 g/mol. The number of rotatable bonds is 1. The van der Waals surface area contributed by atoms with Gasteiger partial charge in [-0.1, -0.05) is 24.3 Å². The molecule has 0 bridgehead atoms. The molecule has 15 heavy (non-hydrogen) atoms. The van der Waals surface area contributed by atoms with Crippen LogP contribution < -0.4 is 0 Å². The van der Waals surface area contributed by atoms with E-state index in [-0.39, 0.29) is 5.56 Å². The minimum atomic E-state index is -0.920. The van der Waals surface area contributed by atoms with Crippen LogP contribution in [-0.4, -0.2) is 0 Å². The molecule has 0 fully saturated rings. The average molecular weight is 207 g/mol. The van der Waals surface area contributed by atoms with Crippen LogP contribution in [0.3, 0.4) is 0 Å². The third-order valence-corrected chi connectivity index (χ3v) is 2.01. The van der Waals surface area contributed by atoms with Gasteiger partial charge in [0.1, 0.15) is 17.5 Å². The smallest absolute Gasteiger partial charge is 0.136 e. The summed E-state index contributed by atoms with van der Waals surface area (Å²) in [5, 5.41) is 0. The fourth-order valence-corrected chi connectivity index (χ4v) is 1.37. The standard InChI is InChI=1S/C12H6F3/c13-9-6-10(14)12(11(15)7-9)8-4-2-1-3-5-8/h2-7H. The quantitative estimate of drug-likeness (QED) is 0.670. The molecule has 1 radical (unpaired) electrons. The normalized spacial score (nSPS) is 10.3. The molecule has 0 saturated carbocycles. The van der Waals surface area contributed by atoms with Gasteiger partial charge in [0, 0.05) is 12.1 Å². The maximum absolute atomic E-state index is 13.3. The molecule has 0 N–H and O–H groups in total. The van der Waals surface area contributed by atoms with Gasteiger partial charge >= 0.3 is 0 Å². The summed E-state index contributed by atoms with van der Waals surface area (Å²) in [5.74, 6) is -2.73. The molecule has 0 aromatic heterocycles. The van der Waals surface area contributed by atoms with E-state index in [0.717, 1.165) is 0 Å². The van der Waals surface area contributed by atoms with Crippen molar-refractivity contribution >= 4 is 0 Å². The highest BCUT2D eigenvalue weighted by Crippen LogP contribution is 2.26. The van der Waals surface area contributed by atoms with Crippen LogP contribution in [0.15, 0.2) is 36.4 Å². The average Bonchev–Trinajstić information content (AvgIpc) is 2.17. The molecular weight excluding hydrogens is 201 g/mol. The number of halogens is 3. The van der Waals surface area contributed by atoms with E-state index in [2.05, 4.69) is 6.07 Å². The maximum Gasteiger partial charge on any atom is 0.136 e. The first kappa shape index (κ1) is 9.77. The van der Waals surface area contributed by atoms with E-state index in [4.69, 9.17) is 0 Å². The molecule has 0 spiro atoms. The summed E-state index contributed by atoms with van der Waals surface area (Å²) in [5.41, 5.74) is 0.147. The fraction of sp³-hybridized carbons (Fsp3) is 0. The summed E-state index contributed by atoms with van der Waals surface area (Å²) in [6.45, 7) is 0. The zero-order valence-corrected chi connectivity index (χ0v) is 7.60. The van der Waals surface area contributed by atoms with E-state index in [1.165, 1.54) is 24.3 Å². The topological polar surface area (TPSA) is 0 Å². The molecule has 0 aliphatic rings. The minimum absolute atomic E-state index is 0.217. The Bertz CT molecular complexity index is 454. The molecule has 2 aromatic carbocycles. The summed E-state index contributed by atoms with van der Waals surface area (Å²) >= 11 is 0. The van der Waals surface area contributed by atoms with E-state index in [1.807, 2.05) is 0 Å². The Morgan fingerprint density at radius 3 is 1.93 bits per heavy atom. The summed E-state index contributed by atoms with van der Waals surface area (Å²) in [6, 6.07) is 10.2. The van der Waals surface area contributed by atoms with Crippen LogP contribution in [0.4, 0.5) is 13.2 Å². The Hall–Kier alpha value is -1.77. The Kier molecular flexibility index (Phi) is 2.46. The van der Waals surface area contributed by atoms with E-state index >= 15 is 0 Å². The SMILES string of the molecule is Fc1cc(F)c(-c2cc[c]cc2)c(F)c1. The van der Waals surface area contributed by atoms with Crippen LogP contribution in [-0.2, 0) is 0 Å². The highest BCUT2D eigenvalue weighted by atomic mass is 19.1. The van der Waals surface area contributed by atoms with Crippen molar-refractivity contribution in [1.82, 2.24) is 0 Å². The van der Waals surface area contributed by atoms with Crippen LogP contribution in [0, 0.1) is 23.5 Å². The molecule has 0 atom stereocenters. The van der Waals surface area contributed by atoms with Crippen LogP contribution in [0.1, 0.15) is 0 Å². The molecular formula is C12H6F3. The van der Waals surface area contributed by atoms with E-state index < -0.39 is 17.5 Å². The van der Waals surface area contributed by atoms with Crippen LogP contribution in [0.2, 0.25) is 0 Å². The second-order valence-electron chi connectivity index (χ2n) is 3.03. The predicted molar refractivity (Wildman–Crippen MR) is 50.6 cm³/mol. The Balaban J connectivity index is 2.64. The van der Waals surface area contributed by atoms with Gasteiger partial charge in [0.05, 0.1) is 5.56 Å². The largest absolute Gasteiger partial charge is 0.207 e. The molecule has 0 aliphatic heterocycles. The van der Waals surface area contributed by atoms with Crippen molar-refractivity contribution in [3.8, 4) is 11.1 Å². The number of hydrogen-bond donors (Lipinski definition) is 0. The molecule has 0 unspecified atom stereocenters. The molecule has 2 rings (SSSR count). The minimum Gasteiger partial charge on any atom is -0.207 e. The predicted octanol–water partition coefficient (Wildman–Crippen LogP) is 3.57. The lowest BCUT2D eigenvalue weighted by Crippen LogP contribution is -1.91. The number of hydrogen-bond acceptors (Lipinski definition) is 0. The van der Waals surface area contributed by atoms with Gasteiger partial charge in [-0.2, -0.15) is 0 Å². The lowest BCUT2D eigenvalue weighted by molar-refractivity contribution is 0.548. The second-order valence-corrected chi connectivity index (χ2v) is 3.03. The highest BCUT2D eigenvalue weighted by molar-refractivity contribution is 5.64. The lowest BCUT2D eigenvalue weighted by Gasteiger charge is -2.04. The van der Waals surface area contributed by atoms with E-state index in [0.29, 0.717) is 17.7 Å². The Morgan fingerprint density at radius 2 is 1.40 bits per heavy atom. The van der Waals surface area contributed by atoms with Crippen molar-refractivity contribution in [2.45, 2.75) is 0 Å². The Labute approximate surface area is 85.0 Å². The fourth-order valence-electron chi connectivity index (χ4n) is 1.37. The molecule has 0 heterocycles. The van der Waals surface area contributed by atoms with Crippen molar-refractivity contribution in [2.75, 3.05) is 0 Å². The molecule has 0 nitrogen and oxygen atoms in total. The second kappa shape index (κ2) is 3.77. The van der Waals surface area contributed by atoms with Crippen molar-refractivity contribution in [3.63, 3.8) is 0 Å². The van der Waals surface area contributed by atoms with Gasteiger partial charge < -0.3 is 0 Å². The van der Waals surface area contributed by atoms with Crippen LogP contribution >= 0.6 is 0 Å². The third kappa shape index (κ3) is 1.86. The summed E-state index contributed by atoms with van der Waals surface area (Å²) in [7, 11) is 0. The third-order valence-electron chi connectivity index (χ3n) is 2.01. The first-order valence-corrected chi connectivity index (χ1v) is 4.29. The van der Waals surface area contributed by atoms with Gasteiger partial charge in [0.25, 0.3) is 0 Å². The molecule has 2 aromatic rings. The maximum atomic E-state index is 13.3. The van der Waals surface area contributed by atoms with Gasteiger partial charge in [0.15, 0.2) is 0 Å². The summed E-state index contributed by atoms with van der Waals surface area (Å²) < 4.78 is 39.3. The van der Waals surface area contributed by atoms with E-state index in [9.17, 15) is 13.2 Å². The lowest BCUT2D eigenvalue weighted by atomic mass is 10.0. The molecule has 0 saturated heterocycles. The van der Waals surface area contributed by atoms with Gasteiger partial charge in [-0.05, 0) is 11.6 Å². The van der Waals surface area contributed by atoms with Crippen molar-refractivity contribution in [1.29, 1.82) is 0 Å². The van der Waals surface area contributed by atoms with E-state index in [1.54, 1.807) is 0 Å². The van der Waals surface area contributed by atoms with Crippen molar-refractivity contribution in [3.05, 3.63) is 59.9 Å². The Morgan fingerprint density at radius 1 is 0.867 bits per heavy atom. The molecule has 0 amide bonds. The first-order chi connectivity index (χ1) is 7.18. The molecule has 75 valence electrons.